The number of rotatable bonds is 6. The van der Waals surface area contributed by atoms with E-state index in [0.29, 0.717) is 0 Å². The van der Waals surface area contributed by atoms with Gasteiger partial charge in [0.2, 0.25) is 0 Å². The van der Waals surface area contributed by atoms with E-state index in [4.69, 9.17) is 0 Å². The molecule has 5 heteroatoms. The van der Waals surface area contributed by atoms with Crippen LogP contribution in [0.15, 0.2) is 55.2 Å². The third-order valence-electron chi connectivity index (χ3n) is 4.04. The van der Waals surface area contributed by atoms with Crippen molar-refractivity contribution in [3.05, 3.63) is 60.8 Å². The Morgan fingerprint density at radius 3 is 2.57 bits per heavy atom. The standard InChI is InChI=1S/C18H23N5/c1-21(2)10-9-17(15-7-5-4-6-8-15)23-14-19-12-18(23)16-11-20-22(3)13-16/h4-8,11-14,17H,9-10H2,1-3H3/t17-/m0/s1. The Bertz CT molecular complexity index is 742. The summed E-state index contributed by atoms with van der Waals surface area (Å²) in [5, 5.41) is 4.29. The molecule has 0 aliphatic rings. The van der Waals surface area contributed by atoms with Crippen molar-refractivity contribution in [3.8, 4) is 11.3 Å². The van der Waals surface area contributed by atoms with Crippen LogP contribution in [0, 0.1) is 0 Å². The van der Waals surface area contributed by atoms with Crippen LogP contribution in [0.1, 0.15) is 18.0 Å². The third kappa shape index (κ3) is 3.51. The highest BCUT2D eigenvalue weighted by molar-refractivity contribution is 5.57. The molecule has 0 amide bonds. The van der Waals surface area contributed by atoms with Crippen LogP contribution in [0.25, 0.3) is 11.3 Å². The Hall–Kier alpha value is -2.40. The summed E-state index contributed by atoms with van der Waals surface area (Å²) in [4.78, 5) is 6.61. The normalized spacial score (nSPS) is 12.7. The van der Waals surface area contributed by atoms with Crippen molar-refractivity contribution in [1.29, 1.82) is 0 Å². The monoisotopic (exact) mass is 309 g/mol. The third-order valence-corrected chi connectivity index (χ3v) is 4.04. The smallest absolute Gasteiger partial charge is 0.0956 e. The second kappa shape index (κ2) is 6.79. The predicted molar refractivity (Wildman–Crippen MR) is 92.2 cm³/mol. The topological polar surface area (TPSA) is 38.9 Å². The zero-order valence-corrected chi connectivity index (χ0v) is 13.9. The van der Waals surface area contributed by atoms with Gasteiger partial charge in [0.05, 0.1) is 30.5 Å². The van der Waals surface area contributed by atoms with E-state index in [0.717, 1.165) is 24.2 Å². The zero-order valence-electron chi connectivity index (χ0n) is 13.9. The zero-order chi connectivity index (χ0) is 16.2. The molecule has 3 aromatic rings. The summed E-state index contributed by atoms with van der Waals surface area (Å²) in [5.41, 5.74) is 3.50. The highest BCUT2D eigenvalue weighted by atomic mass is 15.2. The van der Waals surface area contributed by atoms with Gasteiger partial charge in [-0.15, -0.1) is 0 Å². The fraction of sp³-hybridized carbons (Fsp3) is 0.333. The minimum absolute atomic E-state index is 0.260. The van der Waals surface area contributed by atoms with Crippen LogP contribution < -0.4 is 0 Å². The molecule has 3 rings (SSSR count). The molecular formula is C18H23N5. The van der Waals surface area contributed by atoms with E-state index in [-0.39, 0.29) is 6.04 Å². The Labute approximate surface area is 137 Å². The quantitative estimate of drug-likeness (QED) is 0.703. The molecule has 0 saturated heterocycles. The van der Waals surface area contributed by atoms with Crippen LogP contribution in [0.3, 0.4) is 0 Å². The van der Waals surface area contributed by atoms with E-state index in [9.17, 15) is 0 Å². The predicted octanol–water partition coefficient (Wildman–Crippen LogP) is 2.82. The molecule has 5 nitrogen and oxygen atoms in total. The molecule has 2 heterocycles. The molecule has 2 aromatic heterocycles. The summed E-state index contributed by atoms with van der Waals surface area (Å²) in [6.07, 6.45) is 8.79. The van der Waals surface area contributed by atoms with Gasteiger partial charge in [-0.05, 0) is 32.6 Å². The molecule has 1 aromatic carbocycles. The van der Waals surface area contributed by atoms with Gasteiger partial charge in [-0.2, -0.15) is 5.10 Å². The average molecular weight is 309 g/mol. The van der Waals surface area contributed by atoms with E-state index in [1.807, 2.05) is 36.6 Å². The highest BCUT2D eigenvalue weighted by Crippen LogP contribution is 2.28. The molecule has 120 valence electrons. The summed E-state index contributed by atoms with van der Waals surface area (Å²) in [6, 6.07) is 10.9. The van der Waals surface area contributed by atoms with Crippen LogP contribution in [0.4, 0.5) is 0 Å². The molecule has 0 bridgehead atoms. The number of aryl methyl sites for hydroxylation is 1. The number of imidazole rings is 1. The molecule has 0 unspecified atom stereocenters. The lowest BCUT2D eigenvalue weighted by Gasteiger charge is -2.23. The van der Waals surface area contributed by atoms with Crippen molar-refractivity contribution < 1.29 is 0 Å². The minimum Gasteiger partial charge on any atom is -0.323 e. The van der Waals surface area contributed by atoms with Crippen molar-refractivity contribution in [2.45, 2.75) is 12.5 Å². The number of benzene rings is 1. The second-order valence-electron chi connectivity index (χ2n) is 6.11. The van der Waals surface area contributed by atoms with Gasteiger partial charge in [0.15, 0.2) is 0 Å². The van der Waals surface area contributed by atoms with Crippen molar-refractivity contribution in [1.82, 2.24) is 24.2 Å². The van der Waals surface area contributed by atoms with E-state index < -0.39 is 0 Å². The van der Waals surface area contributed by atoms with E-state index in [1.54, 1.807) is 0 Å². The Morgan fingerprint density at radius 1 is 1.13 bits per heavy atom. The van der Waals surface area contributed by atoms with Crippen molar-refractivity contribution >= 4 is 0 Å². The molecular weight excluding hydrogens is 286 g/mol. The van der Waals surface area contributed by atoms with Crippen LogP contribution in [0.5, 0.6) is 0 Å². The van der Waals surface area contributed by atoms with Gasteiger partial charge < -0.3 is 9.47 Å². The van der Waals surface area contributed by atoms with E-state index in [2.05, 4.69) is 64.0 Å². The number of aromatic nitrogens is 4. The van der Waals surface area contributed by atoms with Gasteiger partial charge in [0.25, 0.3) is 0 Å². The summed E-state index contributed by atoms with van der Waals surface area (Å²) in [6.45, 7) is 1.02. The molecule has 0 spiro atoms. The Balaban J connectivity index is 1.99. The Morgan fingerprint density at radius 2 is 1.91 bits per heavy atom. The van der Waals surface area contributed by atoms with Gasteiger partial charge in [-0.1, -0.05) is 30.3 Å². The molecule has 1 atom stereocenters. The first-order valence-electron chi connectivity index (χ1n) is 7.85. The summed E-state index contributed by atoms with van der Waals surface area (Å²) in [5.74, 6) is 0. The molecule has 0 aliphatic heterocycles. The first-order valence-corrected chi connectivity index (χ1v) is 7.85. The van der Waals surface area contributed by atoms with Gasteiger partial charge in [0.1, 0.15) is 0 Å². The van der Waals surface area contributed by atoms with Gasteiger partial charge >= 0.3 is 0 Å². The van der Waals surface area contributed by atoms with Gasteiger partial charge in [-0.3, -0.25) is 4.68 Å². The Kier molecular flexibility index (Phi) is 4.57. The largest absolute Gasteiger partial charge is 0.323 e. The van der Waals surface area contributed by atoms with Crippen LogP contribution in [0.2, 0.25) is 0 Å². The van der Waals surface area contributed by atoms with Crippen LogP contribution in [-0.4, -0.2) is 44.9 Å². The highest BCUT2D eigenvalue weighted by Gasteiger charge is 2.18. The van der Waals surface area contributed by atoms with Gasteiger partial charge in [0, 0.05) is 18.8 Å². The molecule has 0 N–H and O–H groups in total. The average Bonchev–Trinajstić information content (AvgIpc) is 3.17. The molecule has 0 aliphatic carbocycles. The maximum absolute atomic E-state index is 4.39. The van der Waals surface area contributed by atoms with Crippen LogP contribution >= 0.6 is 0 Å². The maximum atomic E-state index is 4.39. The molecule has 0 saturated carbocycles. The SMILES string of the molecule is CN(C)CC[C@@H](c1ccccc1)n1cncc1-c1cnn(C)c1. The van der Waals surface area contributed by atoms with Crippen molar-refractivity contribution in [2.24, 2.45) is 7.05 Å². The molecule has 23 heavy (non-hydrogen) atoms. The summed E-state index contributed by atoms with van der Waals surface area (Å²) >= 11 is 0. The van der Waals surface area contributed by atoms with E-state index in [1.165, 1.54) is 5.56 Å². The number of hydrogen-bond donors (Lipinski definition) is 0. The molecule has 0 fully saturated rings. The minimum atomic E-state index is 0.260. The lowest BCUT2D eigenvalue weighted by atomic mass is 10.0. The number of hydrogen-bond acceptors (Lipinski definition) is 3. The van der Waals surface area contributed by atoms with Crippen molar-refractivity contribution in [2.75, 3.05) is 20.6 Å². The first-order chi connectivity index (χ1) is 11.1. The second-order valence-corrected chi connectivity index (χ2v) is 6.11. The van der Waals surface area contributed by atoms with Crippen LogP contribution in [-0.2, 0) is 7.05 Å². The lowest BCUT2D eigenvalue weighted by Crippen LogP contribution is -2.20. The lowest BCUT2D eigenvalue weighted by molar-refractivity contribution is 0.367. The fourth-order valence-electron chi connectivity index (χ4n) is 2.85. The first kappa shape index (κ1) is 15.5. The molecule has 0 radical (unpaired) electrons. The summed E-state index contributed by atoms with van der Waals surface area (Å²) < 4.78 is 4.08. The van der Waals surface area contributed by atoms with E-state index >= 15 is 0 Å². The number of nitrogens with zero attached hydrogens (tertiary/aromatic N) is 5. The van der Waals surface area contributed by atoms with Gasteiger partial charge in [-0.25, -0.2) is 4.98 Å². The maximum Gasteiger partial charge on any atom is 0.0956 e. The summed E-state index contributed by atoms with van der Waals surface area (Å²) in [7, 11) is 6.15. The van der Waals surface area contributed by atoms with Crippen molar-refractivity contribution in [3.63, 3.8) is 0 Å². The fourth-order valence-corrected chi connectivity index (χ4v) is 2.85.